The number of likely N-dealkylation sites (tertiary alicyclic amines) is 1. The molecule has 1 aliphatic rings. The maximum atomic E-state index is 13.0. The molecule has 1 unspecified atom stereocenters. The Labute approximate surface area is 110 Å². The van der Waals surface area contributed by atoms with E-state index in [0.29, 0.717) is 19.4 Å². The van der Waals surface area contributed by atoms with Crippen LogP contribution in [0.15, 0.2) is 18.2 Å². The monoisotopic (exact) mass is 266 g/mol. The number of nitrogens with zero attached hydrogens (tertiary/aromatic N) is 2. The zero-order valence-corrected chi connectivity index (χ0v) is 10.6. The van der Waals surface area contributed by atoms with Gasteiger partial charge in [-0.1, -0.05) is 13.0 Å². The molecule has 0 radical (unpaired) electrons. The van der Waals surface area contributed by atoms with E-state index in [-0.39, 0.29) is 12.2 Å². The van der Waals surface area contributed by atoms with Crippen molar-refractivity contribution in [3.05, 3.63) is 29.8 Å². The molecule has 1 aromatic heterocycles. The quantitative estimate of drug-likeness (QED) is 0.843. The predicted octanol–water partition coefficient (Wildman–Crippen LogP) is 1.55. The summed E-state index contributed by atoms with van der Waals surface area (Å²) in [7, 11) is 0. The van der Waals surface area contributed by atoms with Crippen LogP contribution < -0.4 is 0 Å². The van der Waals surface area contributed by atoms with Crippen molar-refractivity contribution in [3.8, 4) is 0 Å². The molecule has 0 spiro atoms. The molecule has 2 heterocycles. The molecular formula is C13H15FN2O3. The molecule has 1 N–H and O–H groups in total. The van der Waals surface area contributed by atoms with Gasteiger partial charge in [0.2, 0.25) is 5.95 Å². The third-order valence-electron chi connectivity index (χ3n) is 3.71. The smallest absolute Gasteiger partial charge is 0.311 e. The molecule has 5 nitrogen and oxygen atoms in total. The van der Waals surface area contributed by atoms with Crippen LogP contribution in [-0.2, 0) is 4.79 Å². The van der Waals surface area contributed by atoms with Crippen LogP contribution in [0, 0.1) is 11.4 Å². The van der Waals surface area contributed by atoms with Crippen molar-refractivity contribution in [2.45, 2.75) is 19.8 Å². The Morgan fingerprint density at radius 2 is 2.26 bits per heavy atom. The molecule has 1 atom stereocenters. The fourth-order valence-electron chi connectivity index (χ4n) is 2.35. The van der Waals surface area contributed by atoms with Gasteiger partial charge in [-0.3, -0.25) is 9.59 Å². The molecule has 102 valence electrons. The number of hydrogen-bond acceptors (Lipinski definition) is 3. The Morgan fingerprint density at radius 3 is 2.79 bits per heavy atom. The fraction of sp³-hybridized carbons (Fsp3) is 0.462. The molecule has 0 bridgehead atoms. The highest BCUT2D eigenvalue weighted by Gasteiger charge is 2.45. The number of hydrogen-bond donors (Lipinski definition) is 1. The lowest BCUT2D eigenvalue weighted by Crippen LogP contribution is -2.36. The number of carbonyl (C=O) groups is 2. The highest BCUT2D eigenvalue weighted by atomic mass is 19.1. The van der Waals surface area contributed by atoms with Crippen molar-refractivity contribution in [2.75, 3.05) is 13.1 Å². The van der Waals surface area contributed by atoms with E-state index in [1.165, 1.54) is 17.0 Å². The highest BCUT2D eigenvalue weighted by Crippen LogP contribution is 2.34. The maximum absolute atomic E-state index is 13.0. The largest absolute Gasteiger partial charge is 0.481 e. The maximum Gasteiger partial charge on any atom is 0.311 e. The van der Waals surface area contributed by atoms with Crippen molar-refractivity contribution in [3.63, 3.8) is 0 Å². The van der Waals surface area contributed by atoms with E-state index in [4.69, 9.17) is 0 Å². The summed E-state index contributed by atoms with van der Waals surface area (Å²) in [6.45, 7) is 2.30. The summed E-state index contributed by atoms with van der Waals surface area (Å²) in [6, 6.07) is 4.00. The summed E-state index contributed by atoms with van der Waals surface area (Å²) < 4.78 is 13.0. The molecule has 2 rings (SSSR count). The summed E-state index contributed by atoms with van der Waals surface area (Å²) in [5.41, 5.74) is -0.875. The van der Waals surface area contributed by atoms with Gasteiger partial charge in [-0.2, -0.15) is 4.39 Å². The van der Waals surface area contributed by atoms with Crippen molar-refractivity contribution >= 4 is 11.9 Å². The Morgan fingerprint density at radius 1 is 1.53 bits per heavy atom. The first-order valence-electron chi connectivity index (χ1n) is 6.14. The van der Waals surface area contributed by atoms with Crippen molar-refractivity contribution in [1.29, 1.82) is 0 Å². The summed E-state index contributed by atoms with van der Waals surface area (Å²) in [4.78, 5) is 28.4. The fourth-order valence-corrected chi connectivity index (χ4v) is 2.35. The first-order valence-corrected chi connectivity index (χ1v) is 6.14. The van der Waals surface area contributed by atoms with Crippen molar-refractivity contribution in [2.24, 2.45) is 5.41 Å². The number of amides is 1. The third-order valence-corrected chi connectivity index (χ3v) is 3.71. The van der Waals surface area contributed by atoms with Gasteiger partial charge in [0.25, 0.3) is 5.91 Å². The standard InChI is InChI=1S/C13H15FN2O3/c1-2-13(12(18)19)6-7-16(8-13)11(17)9-4-3-5-10(14)15-9/h3-5H,2,6-8H2,1H3,(H,18,19). The Bertz CT molecular complexity index is 520. The van der Waals surface area contributed by atoms with Crippen molar-refractivity contribution < 1.29 is 19.1 Å². The molecule has 0 aliphatic carbocycles. The SMILES string of the molecule is CCC1(C(=O)O)CCN(C(=O)c2cccc(F)n2)C1. The minimum atomic E-state index is -0.891. The lowest BCUT2D eigenvalue weighted by atomic mass is 9.84. The Balaban J connectivity index is 2.17. The summed E-state index contributed by atoms with van der Waals surface area (Å²) in [6.07, 6.45) is 0.878. The van der Waals surface area contributed by atoms with Crippen LogP contribution in [0.5, 0.6) is 0 Å². The van der Waals surface area contributed by atoms with E-state index < -0.39 is 23.2 Å². The number of halogens is 1. The van der Waals surface area contributed by atoms with Crippen LogP contribution in [-0.4, -0.2) is 40.0 Å². The molecule has 1 aliphatic heterocycles. The molecule has 1 amide bonds. The average Bonchev–Trinajstić information content (AvgIpc) is 2.83. The zero-order chi connectivity index (χ0) is 14.0. The van der Waals surface area contributed by atoms with E-state index >= 15 is 0 Å². The number of carboxylic acid groups (broad SMARTS) is 1. The van der Waals surface area contributed by atoms with Gasteiger partial charge in [-0.05, 0) is 25.0 Å². The number of pyridine rings is 1. The van der Waals surface area contributed by atoms with Crippen LogP contribution in [0.1, 0.15) is 30.3 Å². The Kier molecular flexibility index (Phi) is 3.50. The number of aromatic nitrogens is 1. The molecule has 0 aromatic carbocycles. The van der Waals surface area contributed by atoms with E-state index in [1.807, 2.05) is 0 Å². The number of carboxylic acids is 1. The van der Waals surface area contributed by atoms with Crippen LogP contribution in [0.2, 0.25) is 0 Å². The van der Waals surface area contributed by atoms with Crippen LogP contribution in [0.25, 0.3) is 0 Å². The summed E-state index contributed by atoms with van der Waals surface area (Å²) >= 11 is 0. The molecule has 1 fully saturated rings. The molecule has 0 saturated carbocycles. The number of carbonyl (C=O) groups excluding carboxylic acids is 1. The van der Waals surface area contributed by atoms with Crippen molar-refractivity contribution in [1.82, 2.24) is 9.88 Å². The van der Waals surface area contributed by atoms with E-state index in [0.717, 1.165) is 6.07 Å². The number of rotatable bonds is 3. The van der Waals surface area contributed by atoms with Crippen LogP contribution in [0.3, 0.4) is 0 Å². The third kappa shape index (κ3) is 2.43. The highest BCUT2D eigenvalue weighted by molar-refractivity contribution is 5.93. The minimum absolute atomic E-state index is 0.0114. The van der Waals surface area contributed by atoms with Gasteiger partial charge < -0.3 is 10.0 Å². The summed E-state index contributed by atoms with van der Waals surface area (Å²) in [5, 5.41) is 9.26. The van der Waals surface area contributed by atoms with E-state index in [1.54, 1.807) is 6.92 Å². The van der Waals surface area contributed by atoms with Gasteiger partial charge in [0.05, 0.1) is 5.41 Å². The van der Waals surface area contributed by atoms with E-state index in [2.05, 4.69) is 4.98 Å². The molecule has 6 heteroatoms. The van der Waals surface area contributed by atoms with Crippen LogP contribution in [0.4, 0.5) is 4.39 Å². The van der Waals surface area contributed by atoms with Crippen LogP contribution >= 0.6 is 0 Å². The Hall–Kier alpha value is -1.98. The van der Waals surface area contributed by atoms with Gasteiger partial charge in [-0.25, -0.2) is 4.98 Å². The predicted molar refractivity (Wildman–Crippen MR) is 65.1 cm³/mol. The van der Waals surface area contributed by atoms with Gasteiger partial charge in [0.1, 0.15) is 5.69 Å². The van der Waals surface area contributed by atoms with Gasteiger partial charge in [-0.15, -0.1) is 0 Å². The lowest BCUT2D eigenvalue weighted by molar-refractivity contribution is -0.148. The second kappa shape index (κ2) is 4.95. The second-order valence-corrected chi connectivity index (χ2v) is 4.76. The second-order valence-electron chi connectivity index (χ2n) is 4.76. The zero-order valence-electron chi connectivity index (χ0n) is 10.6. The molecule has 19 heavy (non-hydrogen) atoms. The first kappa shape index (κ1) is 13.5. The average molecular weight is 266 g/mol. The number of aliphatic carboxylic acids is 1. The van der Waals surface area contributed by atoms with Gasteiger partial charge in [0, 0.05) is 13.1 Å². The van der Waals surface area contributed by atoms with E-state index in [9.17, 15) is 19.1 Å². The normalized spacial score (nSPS) is 22.5. The molecular weight excluding hydrogens is 251 g/mol. The lowest BCUT2D eigenvalue weighted by Gasteiger charge is -2.22. The first-order chi connectivity index (χ1) is 8.98. The van der Waals surface area contributed by atoms with Gasteiger partial charge >= 0.3 is 5.97 Å². The molecule has 1 aromatic rings. The molecule has 1 saturated heterocycles. The minimum Gasteiger partial charge on any atom is -0.481 e. The topological polar surface area (TPSA) is 70.5 Å². The van der Waals surface area contributed by atoms with Gasteiger partial charge in [0.15, 0.2) is 0 Å². The summed E-state index contributed by atoms with van der Waals surface area (Å²) in [5.74, 6) is -2.03.